The van der Waals surface area contributed by atoms with Gasteiger partial charge in [0.2, 0.25) is 11.8 Å². The molecular weight excluding hydrogens is 324 g/mol. The highest BCUT2D eigenvalue weighted by atomic mass is 16.2. The molecule has 2 amide bonds. The van der Waals surface area contributed by atoms with E-state index in [1.807, 2.05) is 23.1 Å². The molecule has 1 aliphatic carbocycles. The third-order valence-corrected chi connectivity index (χ3v) is 5.64. The zero-order valence-electron chi connectivity index (χ0n) is 14.2. The van der Waals surface area contributed by atoms with E-state index in [1.54, 1.807) is 12.1 Å². The Balaban J connectivity index is 1.70. The molecule has 0 unspecified atom stereocenters. The Bertz CT molecular complexity index is 1080. The van der Waals surface area contributed by atoms with E-state index in [4.69, 9.17) is 5.73 Å². The number of primary amides is 1. The normalized spacial score (nSPS) is 17.4. The smallest absolute Gasteiger partial charge is 0.248 e. The zero-order valence-corrected chi connectivity index (χ0v) is 14.2. The molecule has 2 N–H and O–H groups in total. The quantitative estimate of drug-likeness (QED) is 0.791. The van der Waals surface area contributed by atoms with Crippen molar-refractivity contribution in [3.8, 4) is 0 Å². The van der Waals surface area contributed by atoms with Crippen LogP contribution in [0.2, 0.25) is 0 Å². The maximum absolute atomic E-state index is 12.9. The Morgan fingerprint density at radius 3 is 2.54 bits per heavy atom. The number of carbonyl (C=O) groups excluding carboxylic acids is 2. The van der Waals surface area contributed by atoms with Gasteiger partial charge in [0.15, 0.2) is 0 Å². The minimum absolute atomic E-state index is 0.0899. The lowest BCUT2D eigenvalue weighted by molar-refractivity contribution is -0.118. The van der Waals surface area contributed by atoms with Gasteiger partial charge in [0.05, 0.1) is 12.0 Å². The summed E-state index contributed by atoms with van der Waals surface area (Å²) in [5.74, 6) is -0.380. The number of hydrogen-bond donors (Lipinski definition) is 1. The topological polar surface area (TPSA) is 63.4 Å². The average molecular weight is 342 g/mol. The van der Waals surface area contributed by atoms with Crippen LogP contribution in [0.3, 0.4) is 0 Å². The molecule has 0 aromatic heterocycles. The molecule has 0 bridgehead atoms. The van der Waals surface area contributed by atoms with Gasteiger partial charge in [-0.25, -0.2) is 0 Å². The van der Waals surface area contributed by atoms with E-state index >= 15 is 0 Å². The van der Waals surface area contributed by atoms with Crippen LogP contribution in [0.15, 0.2) is 60.7 Å². The van der Waals surface area contributed by atoms with Crippen molar-refractivity contribution in [2.75, 3.05) is 4.90 Å². The Labute approximate surface area is 151 Å². The van der Waals surface area contributed by atoms with E-state index in [9.17, 15) is 9.59 Å². The van der Waals surface area contributed by atoms with E-state index in [1.165, 1.54) is 16.3 Å². The van der Waals surface area contributed by atoms with Gasteiger partial charge in [0, 0.05) is 11.3 Å². The standard InChI is InChI=1S/C22H18N2O2/c23-21(26)16-9-8-15-13-20(25)24(19(15)12-16)22(10-11-22)18-7-3-5-14-4-1-2-6-17(14)18/h1-9,12H,10-11,13H2,(H2,23,26). The van der Waals surface area contributed by atoms with Crippen molar-refractivity contribution >= 4 is 28.3 Å². The highest BCUT2D eigenvalue weighted by Gasteiger charge is 2.54. The maximum Gasteiger partial charge on any atom is 0.248 e. The van der Waals surface area contributed by atoms with Crippen LogP contribution in [0.1, 0.15) is 34.3 Å². The first-order valence-corrected chi connectivity index (χ1v) is 8.84. The predicted octanol–water partition coefficient (Wildman–Crippen LogP) is 3.52. The van der Waals surface area contributed by atoms with E-state index in [-0.39, 0.29) is 11.4 Å². The molecule has 1 heterocycles. The van der Waals surface area contributed by atoms with Gasteiger partial charge in [-0.15, -0.1) is 0 Å². The summed E-state index contributed by atoms with van der Waals surface area (Å²) in [6.07, 6.45) is 2.22. The monoisotopic (exact) mass is 342 g/mol. The minimum Gasteiger partial charge on any atom is -0.366 e. The van der Waals surface area contributed by atoms with E-state index in [0.717, 1.165) is 24.1 Å². The van der Waals surface area contributed by atoms with Crippen molar-refractivity contribution in [3.63, 3.8) is 0 Å². The molecule has 5 rings (SSSR count). The molecule has 0 atom stereocenters. The molecule has 1 fully saturated rings. The third-order valence-electron chi connectivity index (χ3n) is 5.64. The van der Waals surface area contributed by atoms with Crippen LogP contribution in [0.25, 0.3) is 10.8 Å². The zero-order chi connectivity index (χ0) is 17.9. The fourth-order valence-electron chi connectivity index (χ4n) is 4.28. The summed E-state index contributed by atoms with van der Waals surface area (Å²) in [5.41, 5.74) is 8.55. The van der Waals surface area contributed by atoms with Crippen LogP contribution in [0, 0.1) is 0 Å². The van der Waals surface area contributed by atoms with Crippen molar-refractivity contribution in [2.24, 2.45) is 5.73 Å². The van der Waals surface area contributed by atoms with Crippen LogP contribution in [-0.2, 0) is 16.8 Å². The van der Waals surface area contributed by atoms with Crippen LogP contribution >= 0.6 is 0 Å². The fraction of sp³-hybridized carbons (Fsp3) is 0.182. The summed E-state index contributed by atoms with van der Waals surface area (Å²) in [7, 11) is 0. The van der Waals surface area contributed by atoms with E-state index in [0.29, 0.717) is 12.0 Å². The molecular formula is C22H18N2O2. The van der Waals surface area contributed by atoms with E-state index in [2.05, 4.69) is 30.3 Å². The molecule has 4 heteroatoms. The second kappa shape index (κ2) is 5.18. The summed E-state index contributed by atoms with van der Waals surface area (Å²) in [6, 6.07) is 19.9. The number of nitrogens with zero attached hydrogens (tertiary/aromatic N) is 1. The molecule has 1 saturated carbocycles. The molecule has 0 saturated heterocycles. The van der Waals surface area contributed by atoms with Crippen molar-refractivity contribution in [2.45, 2.75) is 24.8 Å². The summed E-state index contributed by atoms with van der Waals surface area (Å²) in [6.45, 7) is 0. The summed E-state index contributed by atoms with van der Waals surface area (Å²) < 4.78 is 0. The van der Waals surface area contributed by atoms with Crippen molar-refractivity contribution in [3.05, 3.63) is 77.4 Å². The van der Waals surface area contributed by atoms with Crippen molar-refractivity contribution in [1.29, 1.82) is 0 Å². The molecule has 3 aromatic carbocycles. The van der Waals surface area contributed by atoms with Gasteiger partial charge in [-0.1, -0.05) is 48.5 Å². The SMILES string of the molecule is NC(=O)c1ccc2c(c1)N(C1(c3cccc4ccccc34)CC1)C(=O)C2. The van der Waals surface area contributed by atoms with Crippen LogP contribution in [0.5, 0.6) is 0 Å². The van der Waals surface area contributed by atoms with Crippen molar-refractivity contribution < 1.29 is 9.59 Å². The van der Waals surface area contributed by atoms with Crippen LogP contribution < -0.4 is 10.6 Å². The highest BCUT2D eigenvalue weighted by molar-refractivity contribution is 6.06. The first kappa shape index (κ1) is 15.1. The largest absolute Gasteiger partial charge is 0.366 e. The Morgan fingerprint density at radius 2 is 1.77 bits per heavy atom. The van der Waals surface area contributed by atoms with Gasteiger partial charge in [0.1, 0.15) is 0 Å². The summed E-state index contributed by atoms with van der Waals surface area (Å²) in [4.78, 5) is 26.4. The van der Waals surface area contributed by atoms with Gasteiger partial charge >= 0.3 is 0 Å². The van der Waals surface area contributed by atoms with Gasteiger partial charge in [0.25, 0.3) is 0 Å². The number of amides is 2. The Morgan fingerprint density at radius 1 is 1.00 bits per heavy atom. The first-order valence-electron chi connectivity index (χ1n) is 8.84. The van der Waals surface area contributed by atoms with Gasteiger partial charge in [-0.3, -0.25) is 9.59 Å². The molecule has 1 aliphatic heterocycles. The number of carbonyl (C=O) groups is 2. The fourth-order valence-corrected chi connectivity index (χ4v) is 4.28. The Hall–Kier alpha value is -3.14. The van der Waals surface area contributed by atoms with Gasteiger partial charge < -0.3 is 10.6 Å². The number of fused-ring (bicyclic) bond motifs is 2. The molecule has 0 radical (unpaired) electrons. The lowest BCUT2D eigenvalue weighted by Gasteiger charge is -2.30. The molecule has 4 nitrogen and oxygen atoms in total. The van der Waals surface area contributed by atoms with Crippen LogP contribution in [0.4, 0.5) is 5.69 Å². The Kier molecular flexibility index (Phi) is 3.02. The average Bonchev–Trinajstić information content (AvgIpc) is 3.37. The lowest BCUT2D eigenvalue weighted by Crippen LogP contribution is -2.38. The van der Waals surface area contributed by atoms with Crippen molar-refractivity contribution in [1.82, 2.24) is 0 Å². The number of anilines is 1. The predicted molar refractivity (Wildman–Crippen MR) is 101 cm³/mol. The van der Waals surface area contributed by atoms with E-state index < -0.39 is 5.91 Å². The molecule has 128 valence electrons. The van der Waals surface area contributed by atoms with Gasteiger partial charge in [-0.2, -0.15) is 0 Å². The number of benzene rings is 3. The highest BCUT2D eigenvalue weighted by Crippen LogP contribution is 2.56. The molecule has 0 spiro atoms. The lowest BCUT2D eigenvalue weighted by atomic mass is 9.95. The number of rotatable bonds is 3. The molecule has 26 heavy (non-hydrogen) atoms. The number of hydrogen-bond acceptors (Lipinski definition) is 2. The van der Waals surface area contributed by atoms with Crippen LogP contribution in [-0.4, -0.2) is 11.8 Å². The molecule has 3 aromatic rings. The molecule has 2 aliphatic rings. The third kappa shape index (κ3) is 2.02. The second-order valence-electron chi connectivity index (χ2n) is 7.17. The number of nitrogens with two attached hydrogens (primary N) is 1. The minimum atomic E-state index is -0.470. The first-order chi connectivity index (χ1) is 12.6. The van der Waals surface area contributed by atoms with Gasteiger partial charge in [-0.05, 0) is 46.9 Å². The second-order valence-corrected chi connectivity index (χ2v) is 7.17. The summed E-state index contributed by atoms with van der Waals surface area (Å²) in [5, 5.41) is 2.36. The summed E-state index contributed by atoms with van der Waals surface area (Å²) >= 11 is 0. The maximum atomic E-state index is 12.9.